The van der Waals surface area contributed by atoms with Crippen LogP contribution in [0.1, 0.15) is 46.2 Å². The molecule has 2 N–H and O–H groups in total. The van der Waals surface area contributed by atoms with Gasteiger partial charge in [0.05, 0.1) is 18.8 Å². The van der Waals surface area contributed by atoms with Gasteiger partial charge in [0.2, 0.25) is 0 Å². The van der Waals surface area contributed by atoms with Crippen LogP contribution < -0.4 is 10.5 Å². The predicted molar refractivity (Wildman–Crippen MR) is 79.4 cm³/mol. The molecular weight excluding hydrogens is 238 g/mol. The van der Waals surface area contributed by atoms with Crippen LogP contribution in [0.25, 0.3) is 0 Å². The molecule has 0 saturated heterocycles. The third kappa shape index (κ3) is 4.51. The van der Waals surface area contributed by atoms with E-state index in [9.17, 15) is 0 Å². The molecule has 1 aromatic rings. The van der Waals surface area contributed by atoms with Crippen molar-refractivity contribution < 1.29 is 9.47 Å². The van der Waals surface area contributed by atoms with E-state index in [1.54, 1.807) is 0 Å². The van der Waals surface area contributed by atoms with Gasteiger partial charge in [-0.2, -0.15) is 0 Å². The number of nitrogens with two attached hydrogens (primary N) is 1. The van der Waals surface area contributed by atoms with E-state index in [2.05, 4.69) is 20.8 Å². The maximum atomic E-state index is 6.37. The molecule has 0 aliphatic carbocycles. The molecule has 0 aromatic heterocycles. The van der Waals surface area contributed by atoms with Crippen molar-refractivity contribution in [2.45, 2.75) is 46.8 Å². The molecule has 2 atom stereocenters. The molecule has 1 rings (SSSR count). The molecule has 2 unspecified atom stereocenters. The van der Waals surface area contributed by atoms with E-state index in [-0.39, 0.29) is 17.6 Å². The highest BCUT2D eigenvalue weighted by Gasteiger charge is 2.31. The molecular formula is C16H27NO2. The van der Waals surface area contributed by atoms with Gasteiger partial charge in [0.15, 0.2) is 0 Å². The number of hydrogen-bond donors (Lipinski definition) is 1. The topological polar surface area (TPSA) is 44.5 Å². The van der Waals surface area contributed by atoms with Crippen LogP contribution in [0.15, 0.2) is 24.3 Å². The van der Waals surface area contributed by atoms with Crippen molar-refractivity contribution >= 4 is 0 Å². The highest BCUT2D eigenvalue weighted by atomic mass is 16.5. The first-order chi connectivity index (χ1) is 8.90. The van der Waals surface area contributed by atoms with Crippen molar-refractivity contribution in [1.29, 1.82) is 0 Å². The Kier molecular flexibility index (Phi) is 5.83. The average molecular weight is 265 g/mol. The summed E-state index contributed by atoms with van der Waals surface area (Å²) in [5.74, 6) is 0.877. The second-order valence-corrected chi connectivity index (χ2v) is 5.77. The van der Waals surface area contributed by atoms with Crippen LogP contribution in [0.5, 0.6) is 5.75 Å². The number of benzene rings is 1. The van der Waals surface area contributed by atoms with Gasteiger partial charge < -0.3 is 15.2 Å². The van der Waals surface area contributed by atoms with E-state index in [0.29, 0.717) is 13.2 Å². The fraction of sp³-hybridized carbons (Fsp3) is 0.625. The Balaban J connectivity index is 2.87. The molecule has 0 bridgehead atoms. The number of ether oxygens (including phenoxy) is 2. The quantitative estimate of drug-likeness (QED) is 0.855. The summed E-state index contributed by atoms with van der Waals surface area (Å²) in [5, 5.41) is 0. The molecule has 0 aliphatic rings. The van der Waals surface area contributed by atoms with Gasteiger partial charge in [0, 0.05) is 6.61 Å². The lowest BCUT2D eigenvalue weighted by atomic mass is 9.82. The Bertz CT molecular complexity index is 367. The monoisotopic (exact) mass is 265 g/mol. The Morgan fingerprint density at radius 2 is 1.63 bits per heavy atom. The summed E-state index contributed by atoms with van der Waals surface area (Å²) in [7, 11) is 0. The maximum Gasteiger partial charge on any atom is 0.119 e. The van der Waals surface area contributed by atoms with Crippen LogP contribution in [0.4, 0.5) is 0 Å². The van der Waals surface area contributed by atoms with Crippen LogP contribution in [0.3, 0.4) is 0 Å². The smallest absolute Gasteiger partial charge is 0.119 e. The largest absolute Gasteiger partial charge is 0.494 e. The van der Waals surface area contributed by atoms with E-state index < -0.39 is 0 Å². The van der Waals surface area contributed by atoms with Gasteiger partial charge >= 0.3 is 0 Å². The second kappa shape index (κ2) is 6.92. The third-order valence-corrected chi connectivity index (χ3v) is 3.10. The molecule has 0 saturated carbocycles. The van der Waals surface area contributed by atoms with Crippen molar-refractivity contribution in [3.05, 3.63) is 29.8 Å². The Morgan fingerprint density at radius 1 is 1.05 bits per heavy atom. The first-order valence-corrected chi connectivity index (χ1v) is 7.00. The first-order valence-electron chi connectivity index (χ1n) is 7.00. The molecule has 0 amide bonds. The number of hydrogen-bond acceptors (Lipinski definition) is 3. The molecule has 0 spiro atoms. The summed E-state index contributed by atoms with van der Waals surface area (Å²) in [4.78, 5) is 0. The van der Waals surface area contributed by atoms with Gasteiger partial charge in [-0.25, -0.2) is 0 Å². The number of rotatable bonds is 6. The van der Waals surface area contributed by atoms with E-state index in [1.807, 2.05) is 38.1 Å². The zero-order valence-electron chi connectivity index (χ0n) is 12.8. The molecule has 0 fully saturated rings. The van der Waals surface area contributed by atoms with Crippen LogP contribution >= 0.6 is 0 Å². The van der Waals surface area contributed by atoms with Crippen molar-refractivity contribution in [2.24, 2.45) is 11.1 Å². The highest BCUT2D eigenvalue weighted by Crippen LogP contribution is 2.31. The van der Waals surface area contributed by atoms with Gasteiger partial charge in [-0.05, 0) is 37.0 Å². The lowest BCUT2D eigenvalue weighted by Gasteiger charge is -2.35. The molecule has 3 nitrogen and oxygen atoms in total. The Labute approximate surface area is 117 Å². The highest BCUT2D eigenvalue weighted by molar-refractivity contribution is 5.29. The van der Waals surface area contributed by atoms with E-state index in [4.69, 9.17) is 15.2 Å². The SMILES string of the molecule is CCOc1ccc(C(N)C(OCC)C(C)(C)C)cc1. The van der Waals surface area contributed by atoms with Gasteiger partial charge in [-0.1, -0.05) is 32.9 Å². The van der Waals surface area contributed by atoms with Crippen molar-refractivity contribution in [2.75, 3.05) is 13.2 Å². The van der Waals surface area contributed by atoms with Crippen LogP contribution in [0.2, 0.25) is 0 Å². The molecule has 3 heteroatoms. The van der Waals surface area contributed by atoms with Gasteiger partial charge in [0.25, 0.3) is 0 Å². The van der Waals surface area contributed by atoms with Crippen LogP contribution in [0, 0.1) is 5.41 Å². The van der Waals surface area contributed by atoms with E-state index in [0.717, 1.165) is 11.3 Å². The average Bonchev–Trinajstić information content (AvgIpc) is 2.35. The first kappa shape index (κ1) is 16.0. The molecule has 0 heterocycles. The minimum Gasteiger partial charge on any atom is -0.494 e. The van der Waals surface area contributed by atoms with E-state index >= 15 is 0 Å². The zero-order valence-corrected chi connectivity index (χ0v) is 12.8. The van der Waals surface area contributed by atoms with Crippen molar-refractivity contribution in [3.63, 3.8) is 0 Å². The van der Waals surface area contributed by atoms with Gasteiger partial charge in [-0.3, -0.25) is 0 Å². The minimum absolute atomic E-state index is 0.00422. The molecule has 0 aliphatic heterocycles. The van der Waals surface area contributed by atoms with E-state index in [1.165, 1.54) is 0 Å². The molecule has 0 radical (unpaired) electrons. The molecule has 1 aromatic carbocycles. The predicted octanol–water partition coefficient (Wildman–Crippen LogP) is 3.54. The summed E-state index contributed by atoms with van der Waals surface area (Å²) in [6, 6.07) is 7.84. The van der Waals surface area contributed by atoms with Crippen molar-refractivity contribution in [1.82, 2.24) is 0 Å². The standard InChI is InChI=1S/C16H27NO2/c1-6-18-13-10-8-12(9-11-13)14(17)15(19-7-2)16(3,4)5/h8-11,14-15H,6-7,17H2,1-5H3. The minimum atomic E-state index is -0.129. The van der Waals surface area contributed by atoms with Gasteiger partial charge in [0.1, 0.15) is 5.75 Å². The summed E-state index contributed by atoms with van der Waals surface area (Å²) in [6.07, 6.45) is -0.00422. The third-order valence-electron chi connectivity index (χ3n) is 3.10. The lowest BCUT2D eigenvalue weighted by Crippen LogP contribution is -2.39. The normalized spacial score (nSPS) is 15.1. The maximum absolute atomic E-state index is 6.37. The zero-order chi connectivity index (χ0) is 14.5. The summed E-state index contributed by atoms with van der Waals surface area (Å²) < 4.78 is 11.3. The second-order valence-electron chi connectivity index (χ2n) is 5.77. The fourth-order valence-electron chi connectivity index (χ4n) is 2.20. The van der Waals surface area contributed by atoms with Crippen molar-refractivity contribution in [3.8, 4) is 5.75 Å². The molecule has 108 valence electrons. The van der Waals surface area contributed by atoms with Crippen LogP contribution in [-0.4, -0.2) is 19.3 Å². The Morgan fingerprint density at radius 3 is 2.05 bits per heavy atom. The fourth-order valence-corrected chi connectivity index (χ4v) is 2.20. The Hall–Kier alpha value is -1.06. The molecule has 19 heavy (non-hydrogen) atoms. The summed E-state index contributed by atoms with van der Waals surface area (Å²) >= 11 is 0. The van der Waals surface area contributed by atoms with Crippen LogP contribution in [-0.2, 0) is 4.74 Å². The summed E-state index contributed by atoms with van der Waals surface area (Å²) in [5.41, 5.74) is 7.46. The van der Waals surface area contributed by atoms with Gasteiger partial charge in [-0.15, -0.1) is 0 Å². The summed E-state index contributed by atoms with van der Waals surface area (Å²) in [6.45, 7) is 11.8. The lowest BCUT2D eigenvalue weighted by molar-refractivity contribution is -0.0283.